The number of amides is 2. The molecular weight excluding hydrogens is 569 g/mol. The summed E-state index contributed by atoms with van der Waals surface area (Å²) in [7, 11) is -4.14. The molecule has 1 unspecified atom stereocenters. The molecule has 0 spiro atoms. The Morgan fingerprint density at radius 2 is 1.48 bits per heavy atom. The van der Waals surface area contributed by atoms with Crippen molar-refractivity contribution in [2.75, 3.05) is 10.8 Å². The smallest absolute Gasteiger partial charge is 0.264 e. The van der Waals surface area contributed by atoms with Crippen LogP contribution in [-0.4, -0.2) is 43.8 Å². The summed E-state index contributed by atoms with van der Waals surface area (Å²) in [6, 6.07) is 19.0. The molecule has 10 heteroatoms. The standard InChI is InChI=1S/C30H35Cl2N3O4S/c1-5-22-13-10-11-18-28(22)35(40(38,39)23-14-8-7-9-15-23)20-29(36)34(27(6-2)30(37)33-21(3)4)19-24-25(31)16-12-17-26(24)32/h7-18,21,27H,5-6,19-20H2,1-4H3,(H,33,37). The predicted octanol–water partition coefficient (Wildman–Crippen LogP) is 6.08. The van der Waals surface area contributed by atoms with E-state index < -0.39 is 28.5 Å². The lowest BCUT2D eigenvalue weighted by atomic mass is 10.1. The molecule has 7 nitrogen and oxygen atoms in total. The third-order valence-electron chi connectivity index (χ3n) is 6.46. The van der Waals surface area contributed by atoms with E-state index in [-0.39, 0.29) is 23.4 Å². The fourth-order valence-corrected chi connectivity index (χ4v) is 6.43. The fourth-order valence-electron chi connectivity index (χ4n) is 4.44. The van der Waals surface area contributed by atoms with Gasteiger partial charge in [0.2, 0.25) is 11.8 Å². The summed E-state index contributed by atoms with van der Waals surface area (Å²) in [6.45, 7) is 6.78. The van der Waals surface area contributed by atoms with Crippen molar-refractivity contribution in [1.29, 1.82) is 0 Å². The molecule has 0 radical (unpaired) electrons. The van der Waals surface area contributed by atoms with E-state index in [1.165, 1.54) is 17.0 Å². The van der Waals surface area contributed by atoms with Crippen molar-refractivity contribution in [2.24, 2.45) is 0 Å². The first-order valence-corrected chi connectivity index (χ1v) is 15.4. The van der Waals surface area contributed by atoms with Gasteiger partial charge in [-0.05, 0) is 62.6 Å². The molecule has 2 amide bonds. The van der Waals surface area contributed by atoms with Crippen LogP contribution in [0.3, 0.4) is 0 Å². The van der Waals surface area contributed by atoms with Crippen molar-refractivity contribution >= 4 is 50.7 Å². The number of rotatable bonds is 12. The third kappa shape index (κ3) is 7.36. The van der Waals surface area contributed by atoms with Crippen LogP contribution in [0.25, 0.3) is 0 Å². The van der Waals surface area contributed by atoms with E-state index in [1.807, 2.05) is 32.9 Å². The van der Waals surface area contributed by atoms with Gasteiger partial charge in [-0.25, -0.2) is 8.42 Å². The Morgan fingerprint density at radius 3 is 2.05 bits per heavy atom. The highest BCUT2D eigenvalue weighted by Gasteiger charge is 2.35. The van der Waals surface area contributed by atoms with Crippen molar-refractivity contribution in [2.45, 2.75) is 64.1 Å². The number of halogens is 2. The number of benzene rings is 3. The molecule has 0 fully saturated rings. The van der Waals surface area contributed by atoms with Crippen LogP contribution in [0.15, 0.2) is 77.7 Å². The van der Waals surface area contributed by atoms with Gasteiger partial charge in [-0.15, -0.1) is 0 Å². The van der Waals surface area contributed by atoms with Gasteiger partial charge in [0, 0.05) is 28.2 Å². The first-order chi connectivity index (χ1) is 19.0. The van der Waals surface area contributed by atoms with Crippen LogP contribution >= 0.6 is 23.2 Å². The number of carbonyl (C=O) groups is 2. The van der Waals surface area contributed by atoms with Crippen LogP contribution in [0.2, 0.25) is 10.0 Å². The Hall–Kier alpha value is -3.07. The van der Waals surface area contributed by atoms with Crippen molar-refractivity contribution in [3.05, 3.63) is 94.0 Å². The summed E-state index contributed by atoms with van der Waals surface area (Å²) in [5, 5.41) is 3.56. The normalized spacial score (nSPS) is 12.2. The zero-order valence-electron chi connectivity index (χ0n) is 23.1. The van der Waals surface area contributed by atoms with Crippen molar-refractivity contribution in [3.8, 4) is 0 Å². The lowest BCUT2D eigenvalue weighted by molar-refractivity contribution is -0.140. The first-order valence-electron chi connectivity index (χ1n) is 13.2. The molecule has 0 saturated heterocycles. The molecule has 0 aliphatic rings. The maximum Gasteiger partial charge on any atom is 0.264 e. The highest BCUT2D eigenvalue weighted by Crippen LogP contribution is 2.30. The molecule has 3 rings (SSSR count). The number of carbonyl (C=O) groups excluding carboxylic acids is 2. The maximum atomic E-state index is 14.2. The molecule has 0 heterocycles. The number of para-hydroxylation sites is 1. The monoisotopic (exact) mass is 603 g/mol. The van der Waals surface area contributed by atoms with Gasteiger partial charge in [0.1, 0.15) is 12.6 Å². The Morgan fingerprint density at radius 1 is 0.875 bits per heavy atom. The molecule has 214 valence electrons. The Labute approximate surface area is 247 Å². The Bertz CT molecular complexity index is 1410. The SMILES string of the molecule is CCc1ccccc1N(CC(=O)N(Cc1c(Cl)cccc1Cl)C(CC)C(=O)NC(C)C)S(=O)(=O)c1ccccc1. The molecular formula is C30H35Cl2N3O4S. The lowest BCUT2D eigenvalue weighted by Gasteiger charge is -2.34. The molecule has 3 aromatic rings. The number of nitrogens with zero attached hydrogens (tertiary/aromatic N) is 2. The summed E-state index contributed by atoms with van der Waals surface area (Å²) in [5.74, 6) is -0.910. The van der Waals surface area contributed by atoms with Gasteiger partial charge in [-0.2, -0.15) is 0 Å². The van der Waals surface area contributed by atoms with Gasteiger partial charge in [-0.3, -0.25) is 13.9 Å². The van der Waals surface area contributed by atoms with Crippen molar-refractivity contribution in [3.63, 3.8) is 0 Å². The third-order valence-corrected chi connectivity index (χ3v) is 8.94. The van der Waals surface area contributed by atoms with E-state index in [0.29, 0.717) is 34.1 Å². The number of nitrogens with one attached hydrogen (secondary N) is 1. The molecule has 1 atom stereocenters. The van der Waals surface area contributed by atoms with E-state index in [4.69, 9.17) is 23.2 Å². The van der Waals surface area contributed by atoms with E-state index in [1.54, 1.807) is 55.5 Å². The van der Waals surface area contributed by atoms with Crippen LogP contribution in [0.4, 0.5) is 5.69 Å². The van der Waals surface area contributed by atoms with Gasteiger partial charge in [0.25, 0.3) is 10.0 Å². The average molecular weight is 605 g/mol. The minimum Gasteiger partial charge on any atom is -0.352 e. The van der Waals surface area contributed by atoms with Crippen LogP contribution in [0.5, 0.6) is 0 Å². The summed E-state index contributed by atoms with van der Waals surface area (Å²) in [4.78, 5) is 28.9. The van der Waals surface area contributed by atoms with Crippen molar-refractivity contribution in [1.82, 2.24) is 10.2 Å². The maximum absolute atomic E-state index is 14.2. The predicted molar refractivity (Wildman–Crippen MR) is 161 cm³/mol. The van der Waals surface area contributed by atoms with Gasteiger partial charge in [-0.1, -0.05) is 79.5 Å². The molecule has 40 heavy (non-hydrogen) atoms. The van der Waals surface area contributed by atoms with Crippen molar-refractivity contribution < 1.29 is 18.0 Å². The molecule has 1 N–H and O–H groups in total. The van der Waals surface area contributed by atoms with Gasteiger partial charge >= 0.3 is 0 Å². The Kier molecular flexibility index (Phi) is 11.0. The topological polar surface area (TPSA) is 86.8 Å². The quantitative estimate of drug-likeness (QED) is 0.272. The van der Waals surface area contributed by atoms with Crippen LogP contribution in [-0.2, 0) is 32.6 Å². The minimum atomic E-state index is -4.14. The number of aryl methyl sites for hydroxylation is 1. The number of sulfonamides is 1. The van der Waals surface area contributed by atoms with Crippen LogP contribution in [0, 0.1) is 0 Å². The second-order valence-electron chi connectivity index (χ2n) is 9.62. The minimum absolute atomic E-state index is 0.0546. The summed E-state index contributed by atoms with van der Waals surface area (Å²) >= 11 is 12.9. The molecule has 0 aliphatic carbocycles. The molecule has 0 saturated carbocycles. The molecule has 0 aliphatic heterocycles. The van der Waals surface area contributed by atoms with Crippen LogP contribution < -0.4 is 9.62 Å². The second-order valence-corrected chi connectivity index (χ2v) is 12.3. The van der Waals surface area contributed by atoms with E-state index in [0.717, 1.165) is 9.87 Å². The first kappa shape index (κ1) is 31.5. The van der Waals surface area contributed by atoms with E-state index >= 15 is 0 Å². The molecule has 0 bridgehead atoms. The number of hydrogen-bond acceptors (Lipinski definition) is 4. The van der Waals surface area contributed by atoms with Crippen LogP contribution in [0.1, 0.15) is 45.2 Å². The zero-order chi connectivity index (χ0) is 29.4. The summed E-state index contributed by atoms with van der Waals surface area (Å²) < 4.78 is 29.1. The lowest BCUT2D eigenvalue weighted by Crippen LogP contribution is -2.53. The Balaban J connectivity index is 2.13. The van der Waals surface area contributed by atoms with Gasteiger partial charge in [0.05, 0.1) is 10.6 Å². The highest BCUT2D eigenvalue weighted by atomic mass is 35.5. The number of anilines is 1. The summed E-state index contributed by atoms with van der Waals surface area (Å²) in [5.41, 5.74) is 1.64. The largest absolute Gasteiger partial charge is 0.352 e. The molecule has 0 aromatic heterocycles. The fraction of sp³-hybridized carbons (Fsp3) is 0.333. The number of hydrogen-bond donors (Lipinski definition) is 1. The highest BCUT2D eigenvalue weighted by molar-refractivity contribution is 7.92. The molecule has 3 aromatic carbocycles. The van der Waals surface area contributed by atoms with Gasteiger partial charge in [0.15, 0.2) is 0 Å². The second kappa shape index (κ2) is 14.0. The van der Waals surface area contributed by atoms with Gasteiger partial charge < -0.3 is 10.2 Å². The summed E-state index contributed by atoms with van der Waals surface area (Å²) in [6.07, 6.45) is 0.849. The van der Waals surface area contributed by atoms with E-state index in [9.17, 15) is 18.0 Å². The average Bonchev–Trinajstić information content (AvgIpc) is 2.93. The van der Waals surface area contributed by atoms with E-state index in [2.05, 4.69) is 5.32 Å². The zero-order valence-corrected chi connectivity index (χ0v) is 25.4.